The van der Waals surface area contributed by atoms with E-state index in [1.165, 1.54) is 0 Å². The van der Waals surface area contributed by atoms with Crippen LogP contribution in [0.4, 0.5) is 18.0 Å². The molecule has 2 saturated carbocycles. The van der Waals surface area contributed by atoms with Crippen molar-refractivity contribution in [1.82, 2.24) is 10.6 Å². The Labute approximate surface area is 129 Å². The van der Waals surface area contributed by atoms with Crippen LogP contribution in [-0.4, -0.2) is 35.5 Å². The number of rotatable bonds is 3. The predicted octanol–water partition coefficient (Wildman–Crippen LogP) is 3.51. The van der Waals surface area contributed by atoms with Crippen molar-refractivity contribution in [2.24, 2.45) is 0 Å². The third-order valence-electron chi connectivity index (χ3n) is 4.22. The lowest BCUT2D eigenvalue weighted by Gasteiger charge is -2.33. The third-order valence-corrected chi connectivity index (χ3v) is 4.22. The third kappa shape index (κ3) is 4.51. The minimum absolute atomic E-state index is 0.0195. The molecule has 0 aliphatic heterocycles. The highest BCUT2D eigenvalue weighted by Gasteiger charge is 2.63. The summed E-state index contributed by atoms with van der Waals surface area (Å²) in [6.07, 6.45) is -1.66. The highest BCUT2D eigenvalue weighted by molar-refractivity contribution is 5.68. The van der Waals surface area contributed by atoms with Gasteiger partial charge < -0.3 is 15.4 Å². The molecule has 0 aromatic heterocycles. The van der Waals surface area contributed by atoms with Crippen LogP contribution in [0.3, 0.4) is 0 Å². The van der Waals surface area contributed by atoms with Gasteiger partial charge in [-0.05, 0) is 59.3 Å². The van der Waals surface area contributed by atoms with E-state index in [1.54, 1.807) is 20.8 Å². The summed E-state index contributed by atoms with van der Waals surface area (Å²) in [5.41, 5.74) is -2.20. The Kier molecular flexibility index (Phi) is 4.66. The van der Waals surface area contributed by atoms with E-state index in [1.807, 2.05) is 0 Å². The van der Waals surface area contributed by atoms with Gasteiger partial charge in [0.05, 0.1) is 0 Å². The zero-order chi connectivity index (χ0) is 16.6. The summed E-state index contributed by atoms with van der Waals surface area (Å²) >= 11 is 0. The average molecular weight is 322 g/mol. The molecule has 0 aromatic carbocycles. The number of carbonyl (C=O) groups is 1. The number of alkyl halides is 3. The van der Waals surface area contributed by atoms with Crippen LogP contribution in [0.5, 0.6) is 0 Å². The van der Waals surface area contributed by atoms with E-state index in [2.05, 4.69) is 10.6 Å². The highest BCUT2D eigenvalue weighted by atomic mass is 19.4. The Morgan fingerprint density at radius 1 is 1.05 bits per heavy atom. The molecule has 2 rings (SSSR count). The first kappa shape index (κ1) is 17.4. The topological polar surface area (TPSA) is 50.4 Å². The van der Waals surface area contributed by atoms with Gasteiger partial charge in [-0.25, -0.2) is 4.79 Å². The van der Waals surface area contributed by atoms with Gasteiger partial charge in [0.15, 0.2) is 0 Å². The fourth-order valence-electron chi connectivity index (χ4n) is 2.88. The normalized spacial score (nSPS) is 28.1. The second-order valence-corrected chi connectivity index (χ2v) is 7.42. The molecule has 0 heterocycles. The summed E-state index contributed by atoms with van der Waals surface area (Å²) in [4.78, 5) is 11.7. The Morgan fingerprint density at radius 3 is 1.95 bits per heavy atom. The first-order valence-corrected chi connectivity index (χ1v) is 7.85. The van der Waals surface area contributed by atoms with Crippen molar-refractivity contribution in [1.29, 1.82) is 0 Å². The van der Waals surface area contributed by atoms with Gasteiger partial charge >= 0.3 is 12.3 Å². The predicted molar refractivity (Wildman–Crippen MR) is 76.6 cm³/mol. The van der Waals surface area contributed by atoms with Crippen LogP contribution in [-0.2, 0) is 4.74 Å². The van der Waals surface area contributed by atoms with Crippen LogP contribution in [0.15, 0.2) is 0 Å². The molecule has 7 heteroatoms. The monoisotopic (exact) mass is 322 g/mol. The molecule has 0 spiro atoms. The smallest absolute Gasteiger partial charge is 0.407 e. The summed E-state index contributed by atoms with van der Waals surface area (Å²) in [6.45, 7) is 5.37. The standard InChI is InChI=1S/C15H25F3N2O2/c1-13(2,3)22-12(21)19-10-4-6-11(7-5-10)20-14(8-9-14)15(16,17)18/h10-11,20H,4-9H2,1-3H3,(H,19,21). The van der Waals surface area contributed by atoms with E-state index in [4.69, 9.17) is 4.74 Å². The number of hydrogen-bond acceptors (Lipinski definition) is 3. The number of nitrogens with one attached hydrogen (secondary N) is 2. The van der Waals surface area contributed by atoms with Crippen molar-refractivity contribution in [2.45, 2.75) is 88.7 Å². The number of ether oxygens (including phenoxy) is 1. The maximum Gasteiger partial charge on any atom is 0.407 e. The number of alkyl carbamates (subject to hydrolysis) is 1. The van der Waals surface area contributed by atoms with Crippen LogP contribution >= 0.6 is 0 Å². The summed E-state index contributed by atoms with van der Waals surface area (Å²) < 4.78 is 44.0. The molecule has 0 saturated heterocycles. The lowest BCUT2D eigenvalue weighted by molar-refractivity contribution is -0.168. The molecule has 0 aromatic rings. The van der Waals surface area contributed by atoms with Crippen molar-refractivity contribution in [3.05, 3.63) is 0 Å². The van der Waals surface area contributed by atoms with Gasteiger partial charge in [0.25, 0.3) is 0 Å². The summed E-state index contributed by atoms with van der Waals surface area (Å²) in [5.74, 6) is 0. The van der Waals surface area contributed by atoms with Crippen LogP contribution in [0.1, 0.15) is 59.3 Å². The maximum atomic E-state index is 12.9. The van der Waals surface area contributed by atoms with Gasteiger partial charge in [-0.15, -0.1) is 0 Å². The molecular weight excluding hydrogens is 297 g/mol. The van der Waals surface area contributed by atoms with E-state index in [0.29, 0.717) is 25.7 Å². The Bertz CT molecular complexity index is 406. The molecule has 0 unspecified atom stereocenters. The Hall–Kier alpha value is -0.980. The van der Waals surface area contributed by atoms with Crippen molar-refractivity contribution < 1.29 is 22.7 Å². The van der Waals surface area contributed by atoms with E-state index < -0.39 is 23.4 Å². The minimum Gasteiger partial charge on any atom is -0.444 e. The van der Waals surface area contributed by atoms with Gasteiger partial charge in [0.2, 0.25) is 0 Å². The minimum atomic E-state index is -4.17. The van der Waals surface area contributed by atoms with Crippen molar-refractivity contribution >= 4 is 6.09 Å². The van der Waals surface area contributed by atoms with Crippen molar-refractivity contribution in [3.8, 4) is 0 Å². The average Bonchev–Trinajstić information content (AvgIpc) is 3.09. The lowest BCUT2D eigenvalue weighted by Crippen LogP contribution is -2.52. The molecule has 2 fully saturated rings. The molecular formula is C15H25F3N2O2. The summed E-state index contributed by atoms with van der Waals surface area (Å²) in [6, 6.07) is -0.144. The zero-order valence-corrected chi connectivity index (χ0v) is 13.3. The highest BCUT2D eigenvalue weighted by Crippen LogP contribution is 2.49. The SMILES string of the molecule is CC(C)(C)OC(=O)NC1CCC(NC2(C(F)(F)F)CC2)CC1. The molecule has 0 bridgehead atoms. The largest absolute Gasteiger partial charge is 0.444 e. The Balaban J connectivity index is 1.74. The number of carbonyl (C=O) groups excluding carboxylic acids is 1. The molecule has 128 valence electrons. The van der Waals surface area contributed by atoms with Gasteiger partial charge in [-0.3, -0.25) is 0 Å². The summed E-state index contributed by atoms with van der Waals surface area (Å²) in [7, 11) is 0. The fraction of sp³-hybridized carbons (Fsp3) is 0.933. The maximum absolute atomic E-state index is 12.9. The molecule has 2 aliphatic rings. The quantitative estimate of drug-likeness (QED) is 0.836. The molecule has 0 atom stereocenters. The van der Waals surface area contributed by atoms with Crippen LogP contribution in [0.25, 0.3) is 0 Å². The van der Waals surface area contributed by atoms with Gasteiger partial charge in [0, 0.05) is 12.1 Å². The molecule has 22 heavy (non-hydrogen) atoms. The molecule has 0 radical (unpaired) electrons. The zero-order valence-electron chi connectivity index (χ0n) is 13.3. The first-order chi connectivity index (χ1) is 10.0. The van der Waals surface area contributed by atoms with Gasteiger partial charge in [0.1, 0.15) is 11.1 Å². The van der Waals surface area contributed by atoms with E-state index in [9.17, 15) is 18.0 Å². The van der Waals surface area contributed by atoms with Gasteiger partial charge in [-0.2, -0.15) is 13.2 Å². The fourth-order valence-corrected chi connectivity index (χ4v) is 2.88. The number of halogens is 3. The molecule has 2 aliphatic carbocycles. The van der Waals surface area contributed by atoms with E-state index >= 15 is 0 Å². The number of amides is 1. The van der Waals surface area contributed by atoms with Crippen molar-refractivity contribution in [3.63, 3.8) is 0 Å². The summed E-state index contributed by atoms with van der Waals surface area (Å²) in [5, 5.41) is 5.58. The molecule has 1 amide bonds. The van der Waals surface area contributed by atoms with Crippen LogP contribution < -0.4 is 10.6 Å². The van der Waals surface area contributed by atoms with Crippen LogP contribution in [0, 0.1) is 0 Å². The van der Waals surface area contributed by atoms with Crippen LogP contribution in [0.2, 0.25) is 0 Å². The van der Waals surface area contributed by atoms with Gasteiger partial charge in [-0.1, -0.05) is 0 Å². The molecule has 4 nitrogen and oxygen atoms in total. The van der Waals surface area contributed by atoms with E-state index in [0.717, 1.165) is 0 Å². The number of hydrogen-bond donors (Lipinski definition) is 2. The Morgan fingerprint density at radius 2 is 1.55 bits per heavy atom. The lowest BCUT2D eigenvalue weighted by atomic mass is 9.90. The first-order valence-electron chi connectivity index (χ1n) is 7.85. The second-order valence-electron chi connectivity index (χ2n) is 7.42. The molecule has 2 N–H and O–H groups in total. The van der Waals surface area contributed by atoms with E-state index in [-0.39, 0.29) is 24.9 Å². The van der Waals surface area contributed by atoms with Crippen molar-refractivity contribution in [2.75, 3.05) is 0 Å². The second kappa shape index (κ2) is 5.91.